The van der Waals surface area contributed by atoms with Gasteiger partial charge in [-0.05, 0) is 48.6 Å². The van der Waals surface area contributed by atoms with Crippen LogP contribution >= 0.6 is 11.8 Å². The van der Waals surface area contributed by atoms with Gasteiger partial charge in [0.1, 0.15) is 11.8 Å². The molecule has 3 aromatic carbocycles. The summed E-state index contributed by atoms with van der Waals surface area (Å²) in [5, 5.41) is 27.3. The number of amides is 3. The third kappa shape index (κ3) is 6.84. The van der Waals surface area contributed by atoms with Crippen molar-refractivity contribution in [3.63, 3.8) is 0 Å². The number of benzene rings is 3. The molecule has 1 saturated heterocycles. The molecule has 1 heterocycles. The maximum atomic E-state index is 13.6. The van der Waals surface area contributed by atoms with Crippen LogP contribution in [0.1, 0.15) is 39.5 Å². The summed E-state index contributed by atoms with van der Waals surface area (Å²) in [4.78, 5) is 41.4. The number of carbonyl (C=O) groups excluding carboxylic acids is 3. The molecular formula is C31H35N3O5S. The third-order valence-electron chi connectivity index (χ3n) is 7.18. The van der Waals surface area contributed by atoms with Crippen molar-refractivity contribution in [2.24, 2.45) is 0 Å². The quantitative estimate of drug-likeness (QED) is 0.302. The summed E-state index contributed by atoms with van der Waals surface area (Å²) in [6.45, 7) is 4.15. The second-order valence-corrected chi connectivity index (χ2v) is 10.8. The first kappa shape index (κ1) is 29.2. The largest absolute Gasteiger partial charge is 0.508 e. The molecule has 8 nitrogen and oxygen atoms in total. The van der Waals surface area contributed by atoms with Crippen LogP contribution in [0.25, 0.3) is 0 Å². The van der Waals surface area contributed by atoms with E-state index in [9.17, 15) is 24.6 Å². The minimum Gasteiger partial charge on any atom is -0.508 e. The highest BCUT2D eigenvalue weighted by atomic mass is 32.2. The van der Waals surface area contributed by atoms with Crippen LogP contribution in [0.5, 0.6) is 5.75 Å². The fraction of sp³-hybridized carbons (Fsp3) is 0.323. The van der Waals surface area contributed by atoms with Crippen LogP contribution in [0.4, 0.5) is 0 Å². The fourth-order valence-electron chi connectivity index (χ4n) is 4.84. The summed E-state index contributed by atoms with van der Waals surface area (Å²) < 4.78 is 0. The molecule has 0 spiro atoms. The van der Waals surface area contributed by atoms with Crippen molar-refractivity contribution in [2.75, 3.05) is 11.6 Å². The van der Waals surface area contributed by atoms with Gasteiger partial charge in [-0.15, -0.1) is 11.8 Å². The number of aliphatic hydroxyl groups is 1. The van der Waals surface area contributed by atoms with Crippen molar-refractivity contribution in [2.45, 2.75) is 51.4 Å². The van der Waals surface area contributed by atoms with E-state index < -0.39 is 30.0 Å². The maximum absolute atomic E-state index is 13.6. The Bertz CT molecular complexity index is 1350. The summed E-state index contributed by atoms with van der Waals surface area (Å²) in [6, 6.07) is 20.0. The molecule has 3 amide bonds. The van der Waals surface area contributed by atoms with Gasteiger partial charge < -0.3 is 25.7 Å². The Morgan fingerprint density at radius 2 is 1.75 bits per heavy atom. The molecule has 0 aromatic heterocycles. The number of hydrogen-bond acceptors (Lipinski definition) is 6. The molecule has 0 aliphatic carbocycles. The average Bonchev–Trinajstić information content (AvgIpc) is 3.46. The average molecular weight is 562 g/mol. The number of aliphatic hydroxyl groups excluding tert-OH is 1. The minimum absolute atomic E-state index is 0.0139. The SMILES string of the molecule is CCc1c(O)cccc1C(=O)NC(Cc1ccccc1)C(O)C(=O)N1CSC[C@H]1C(=O)NCc1ccccc1C. The number of aromatic hydroxyl groups is 1. The van der Waals surface area contributed by atoms with E-state index in [4.69, 9.17) is 0 Å². The topological polar surface area (TPSA) is 119 Å². The van der Waals surface area contributed by atoms with Gasteiger partial charge in [0.25, 0.3) is 11.8 Å². The molecule has 3 atom stereocenters. The molecule has 1 fully saturated rings. The van der Waals surface area contributed by atoms with Gasteiger partial charge in [-0.2, -0.15) is 0 Å². The van der Waals surface area contributed by atoms with Crippen molar-refractivity contribution in [1.82, 2.24) is 15.5 Å². The number of hydrogen-bond donors (Lipinski definition) is 4. The van der Waals surface area contributed by atoms with E-state index in [1.807, 2.05) is 68.4 Å². The fourth-order valence-corrected chi connectivity index (χ4v) is 6.01. The van der Waals surface area contributed by atoms with Gasteiger partial charge >= 0.3 is 0 Å². The second kappa shape index (κ2) is 13.5. The van der Waals surface area contributed by atoms with E-state index in [0.717, 1.165) is 16.7 Å². The predicted octanol–water partition coefficient (Wildman–Crippen LogP) is 3.18. The first-order chi connectivity index (χ1) is 19.3. The lowest BCUT2D eigenvalue weighted by Gasteiger charge is -2.30. The lowest BCUT2D eigenvalue weighted by Crippen LogP contribution is -2.56. The number of rotatable bonds is 10. The number of nitrogens with zero attached hydrogens (tertiary/aromatic N) is 1. The molecule has 0 radical (unpaired) electrons. The summed E-state index contributed by atoms with van der Waals surface area (Å²) >= 11 is 1.44. The molecule has 0 bridgehead atoms. The van der Waals surface area contributed by atoms with E-state index in [0.29, 0.717) is 24.3 Å². The monoisotopic (exact) mass is 561 g/mol. The number of carbonyl (C=O) groups is 3. The summed E-state index contributed by atoms with van der Waals surface area (Å²) in [6.07, 6.45) is -0.952. The Labute approximate surface area is 238 Å². The summed E-state index contributed by atoms with van der Waals surface area (Å²) in [5.41, 5.74) is 3.65. The normalized spacial score (nSPS) is 16.3. The van der Waals surface area contributed by atoms with Gasteiger partial charge in [-0.1, -0.05) is 67.6 Å². The molecule has 4 N–H and O–H groups in total. The van der Waals surface area contributed by atoms with Crippen molar-refractivity contribution in [3.8, 4) is 5.75 Å². The van der Waals surface area contributed by atoms with Crippen molar-refractivity contribution < 1.29 is 24.6 Å². The molecule has 0 saturated carbocycles. The van der Waals surface area contributed by atoms with E-state index in [2.05, 4.69) is 10.6 Å². The first-order valence-electron chi connectivity index (χ1n) is 13.3. The highest BCUT2D eigenvalue weighted by Gasteiger charge is 2.40. The van der Waals surface area contributed by atoms with E-state index in [-0.39, 0.29) is 29.5 Å². The lowest BCUT2D eigenvalue weighted by atomic mass is 9.98. The van der Waals surface area contributed by atoms with Crippen LogP contribution in [0, 0.1) is 6.92 Å². The first-order valence-corrected chi connectivity index (χ1v) is 14.5. The lowest BCUT2D eigenvalue weighted by molar-refractivity contribution is -0.146. The van der Waals surface area contributed by atoms with Gasteiger partial charge in [0.2, 0.25) is 5.91 Å². The van der Waals surface area contributed by atoms with Crippen LogP contribution in [0.3, 0.4) is 0 Å². The number of aryl methyl sites for hydroxylation is 1. The Balaban J connectivity index is 1.51. The summed E-state index contributed by atoms with van der Waals surface area (Å²) in [7, 11) is 0. The third-order valence-corrected chi connectivity index (χ3v) is 8.19. The van der Waals surface area contributed by atoms with Crippen LogP contribution < -0.4 is 10.6 Å². The second-order valence-electron chi connectivity index (χ2n) is 9.84. The van der Waals surface area contributed by atoms with Crippen molar-refractivity contribution in [3.05, 3.63) is 101 Å². The maximum Gasteiger partial charge on any atom is 0.254 e. The predicted molar refractivity (Wildman–Crippen MR) is 156 cm³/mol. The number of phenolic OH excluding ortho intramolecular Hbond substituents is 1. The Morgan fingerprint density at radius 3 is 2.48 bits per heavy atom. The van der Waals surface area contributed by atoms with E-state index in [1.165, 1.54) is 22.7 Å². The van der Waals surface area contributed by atoms with Crippen LogP contribution in [0.15, 0.2) is 72.8 Å². The standard InChI is InChI=1S/C31H35N3O5S/c1-3-23-24(14-9-15-27(23)35)29(37)33-25(16-21-11-5-4-6-12-21)28(36)31(39)34-19-40-18-26(34)30(38)32-17-22-13-8-7-10-20(22)2/h4-15,25-26,28,35-36H,3,16-19H2,1-2H3,(H,32,38)(H,33,37)/t25?,26-,28?/m0/s1. The number of phenols is 1. The molecule has 1 aliphatic heterocycles. The van der Waals surface area contributed by atoms with E-state index in [1.54, 1.807) is 12.1 Å². The minimum atomic E-state index is -1.59. The van der Waals surface area contributed by atoms with Crippen molar-refractivity contribution >= 4 is 29.5 Å². The molecule has 2 unspecified atom stereocenters. The van der Waals surface area contributed by atoms with Gasteiger partial charge in [0.15, 0.2) is 6.10 Å². The molecule has 3 aromatic rings. The smallest absolute Gasteiger partial charge is 0.254 e. The van der Waals surface area contributed by atoms with Gasteiger partial charge in [-0.25, -0.2) is 0 Å². The molecular weight excluding hydrogens is 526 g/mol. The Morgan fingerprint density at radius 1 is 1.02 bits per heavy atom. The molecule has 9 heteroatoms. The molecule has 40 heavy (non-hydrogen) atoms. The molecule has 4 rings (SSSR count). The van der Waals surface area contributed by atoms with Crippen LogP contribution in [0.2, 0.25) is 0 Å². The van der Waals surface area contributed by atoms with Crippen LogP contribution in [-0.4, -0.2) is 62.7 Å². The highest BCUT2D eigenvalue weighted by Crippen LogP contribution is 2.25. The van der Waals surface area contributed by atoms with Gasteiger partial charge in [0, 0.05) is 23.4 Å². The zero-order valence-corrected chi connectivity index (χ0v) is 23.5. The highest BCUT2D eigenvalue weighted by molar-refractivity contribution is 7.99. The number of thioether (sulfide) groups is 1. The Hall–Kier alpha value is -3.82. The van der Waals surface area contributed by atoms with E-state index >= 15 is 0 Å². The molecule has 210 valence electrons. The Kier molecular flexibility index (Phi) is 9.84. The zero-order chi connectivity index (χ0) is 28.6. The van der Waals surface area contributed by atoms with Crippen LogP contribution in [-0.2, 0) is 29.0 Å². The van der Waals surface area contributed by atoms with Gasteiger partial charge in [-0.3, -0.25) is 14.4 Å². The number of nitrogens with one attached hydrogen (secondary N) is 2. The molecule has 1 aliphatic rings. The van der Waals surface area contributed by atoms with Crippen molar-refractivity contribution in [1.29, 1.82) is 0 Å². The van der Waals surface area contributed by atoms with Gasteiger partial charge in [0.05, 0.1) is 11.9 Å². The zero-order valence-electron chi connectivity index (χ0n) is 22.7. The summed E-state index contributed by atoms with van der Waals surface area (Å²) in [5.74, 6) is -0.712.